The van der Waals surface area contributed by atoms with E-state index in [1.807, 2.05) is 30.3 Å². The summed E-state index contributed by atoms with van der Waals surface area (Å²) in [4.78, 5) is 16.1. The number of furan rings is 2. The lowest BCUT2D eigenvalue weighted by Gasteiger charge is -2.16. The SMILES string of the molecule is C1=Cc2c(oc3c(-n4c5ccccc5c5cc6ccccc6cc54)c(-c4nc(-c5ccc6oc7ccccc7c6c5)nc(-c5cccc6ccccc56)n4)ccc23)CC1. The Morgan fingerprint density at radius 3 is 2.07 bits per heavy atom. The van der Waals surface area contributed by atoms with Crippen LogP contribution in [0.25, 0.3) is 122 Å². The van der Waals surface area contributed by atoms with Crippen LogP contribution in [-0.4, -0.2) is 19.5 Å². The molecule has 4 heterocycles. The van der Waals surface area contributed by atoms with E-state index in [0.717, 1.165) is 101 Å². The molecule has 0 amide bonds. The van der Waals surface area contributed by atoms with E-state index in [1.165, 1.54) is 21.5 Å². The molecular formula is C53H32N4O2. The molecule has 12 aromatic rings. The number of rotatable bonds is 4. The highest BCUT2D eigenvalue weighted by Gasteiger charge is 2.26. The average Bonchev–Trinajstić information content (AvgIpc) is 3.97. The van der Waals surface area contributed by atoms with Gasteiger partial charge in [-0.2, -0.15) is 0 Å². The quantitative estimate of drug-likeness (QED) is 0.179. The largest absolute Gasteiger partial charge is 0.458 e. The third-order valence-electron chi connectivity index (χ3n) is 12.1. The molecule has 4 aromatic heterocycles. The Labute approximate surface area is 337 Å². The Balaban J connectivity index is 1.15. The van der Waals surface area contributed by atoms with Gasteiger partial charge in [0, 0.05) is 55.6 Å². The van der Waals surface area contributed by atoms with Crippen LogP contribution in [0.3, 0.4) is 0 Å². The van der Waals surface area contributed by atoms with E-state index in [4.69, 9.17) is 23.8 Å². The van der Waals surface area contributed by atoms with Crippen molar-refractivity contribution >= 4 is 82.3 Å². The molecule has 0 saturated carbocycles. The molecule has 1 aliphatic carbocycles. The minimum Gasteiger partial charge on any atom is -0.458 e. The van der Waals surface area contributed by atoms with Crippen LogP contribution in [0.4, 0.5) is 0 Å². The van der Waals surface area contributed by atoms with E-state index in [2.05, 4.69) is 144 Å². The fraction of sp³-hybridized carbons (Fsp3) is 0.0377. The topological polar surface area (TPSA) is 69.9 Å². The molecule has 0 atom stereocenters. The van der Waals surface area contributed by atoms with Gasteiger partial charge < -0.3 is 13.4 Å². The van der Waals surface area contributed by atoms with E-state index in [9.17, 15) is 0 Å². The summed E-state index contributed by atoms with van der Waals surface area (Å²) in [7, 11) is 0. The van der Waals surface area contributed by atoms with Gasteiger partial charge in [0.2, 0.25) is 0 Å². The van der Waals surface area contributed by atoms with E-state index >= 15 is 0 Å². The number of aryl methyl sites for hydroxylation is 1. The molecule has 6 nitrogen and oxygen atoms in total. The van der Waals surface area contributed by atoms with Crippen molar-refractivity contribution in [2.45, 2.75) is 12.8 Å². The normalized spacial score (nSPS) is 12.9. The molecule has 59 heavy (non-hydrogen) atoms. The number of nitrogens with zero attached hydrogens (tertiary/aromatic N) is 4. The number of hydrogen-bond donors (Lipinski definition) is 0. The highest BCUT2D eigenvalue weighted by molar-refractivity contribution is 6.15. The Hall–Kier alpha value is -7.83. The van der Waals surface area contributed by atoms with E-state index in [-0.39, 0.29) is 0 Å². The molecule has 0 aliphatic heterocycles. The monoisotopic (exact) mass is 756 g/mol. The second kappa shape index (κ2) is 12.3. The second-order valence-electron chi connectivity index (χ2n) is 15.4. The first-order valence-electron chi connectivity index (χ1n) is 20.1. The van der Waals surface area contributed by atoms with Gasteiger partial charge in [-0.15, -0.1) is 0 Å². The number of hydrogen-bond acceptors (Lipinski definition) is 5. The maximum Gasteiger partial charge on any atom is 0.166 e. The molecule has 0 bridgehead atoms. The Morgan fingerprint density at radius 2 is 1.17 bits per heavy atom. The van der Waals surface area contributed by atoms with Crippen LogP contribution < -0.4 is 0 Å². The molecule has 0 spiro atoms. The summed E-state index contributed by atoms with van der Waals surface area (Å²) in [5.74, 6) is 2.73. The summed E-state index contributed by atoms with van der Waals surface area (Å²) in [6.45, 7) is 0. The first kappa shape index (κ1) is 32.3. The molecule has 8 aromatic carbocycles. The van der Waals surface area contributed by atoms with Crippen molar-refractivity contribution in [2.75, 3.05) is 0 Å². The molecule has 6 heteroatoms. The third-order valence-corrected chi connectivity index (χ3v) is 12.1. The van der Waals surface area contributed by atoms with Gasteiger partial charge in [-0.05, 0) is 82.6 Å². The predicted octanol–water partition coefficient (Wildman–Crippen LogP) is 13.9. The molecule has 0 radical (unpaired) electrons. The van der Waals surface area contributed by atoms with Gasteiger partial charge >= 0.3 is 0 Å². The van der Waals surface area contributed by atoms with Crippen molar-refractivity contribution in [1.29, 1.82) is 0 Å². The van der Waals surface area contributed by atoms with Crippen LogP contribution in [-0.2, 0) is 6.42 Å². The maximum absolute atomic E-state index is 7.01. The minimum absolute atomic E-state index is 0.559. The van der Waals surface area contributed by atoms with Crippen molar-refractivity contribution in [2.24, 2.45) is 0 Å². The standard InChI is InChI=1S/C53H32N4O2/c1-2-14-33-30-45-42(28-32(33)13-1)36-17-5-8-21-44(36)57(45)49-41(26-25-39-37-18-6-10-23-47(37)59-50(39)49)53-55-51(34-24-27-48-43(29-34)38-19-7-9-22-46(38)58-48)54-52(56-53)40-20-11-15-31-12-3-4-16-35(31)40/h1-9,11-22,24-30H,10,23H2. The fourth-order valence-electron chi connectivity index (χ4n) is 9.33. The lowest BCUT2D eigenvalue weighted by Crippen LogP contribution is -2.04. The Kier molecular flexibility index (Phi) is 6.75. The average molecular weight is 757 g/mol. The third kappa shape index (κ3) is 4.83. The van der Waals surface area contributed by atoms with Crippen molar-refractivity contribution in [3.63, 3.8) is 0 Å². The first-order chi connectivity index (χ1) is 29.2. The van der Waals surface area contributed by atoms with Crippen molar-refractivity contribution in [3.05, 3.63) is 175 Å². The molecule has 1 aliphatic rings. The first-order valence-corrected chi connectivity index (χ1v) is 20.1. The zero-order chi connectivity index (χ0) is 38.6. The van der Waals surface area contributed by atoms with Crippen LogP contribution >= 0.6 is 0 Å². The van der Waals surface area contributed by atoms with Crippen molar-refractivity contribution in [1.82, 2.24) is 19.5 Å². The van der Waals surface area contributed by atoms with E-state index < -0.39 is 0 Å². The lowest BCUT2D eigenvalue weighted by molar-refractivity contribution is 0.545. The predicted molar refractivity (Wildman–Crippen MR) is 240 cm³/mol. The van der Waals surface area contributed by atoms with Gasteiger partial charge in [0.15, 0.2) is 23.1 Å². The summed E-state index contributed by atoms with van der Waals surface area (Å²) in [5, 5.41) is 10.0. The van der Waals surface area contributed by atoms with Gasteiger partial charge in [0.05, 0.1) is 11.0 Å². The lowest BCUT2D eigenvalue weighted by atomic mass is 10.00. The highest BCUT2D eigenvalue weighted by Crippen LogP contribution is 2.44. The zero-order valence-corrected chi connectivity index (χ0v) is 31.7. The molecule has 13 rings (SSSR count). The number of aromatic nitrogens is 4. The summed E-state index contributed by atoms with van der Waals surface area (Å²) in [5.41, 5.74) is 9.36. The Morgan fingerprint density at radius 1 is 0.458 bits per heavy atom. The van der Waals surface area contributed by atoms with Gasteiger partial charge in [-0.1, -0.05) is 115 Å². The summed E-state index contributed by atoms with van der Waals surface area (Å²) < 4.78 is 15.6. The molecule has 0 fully saturated rings. The molecular weight excluding hydrogens is 725 g/mol. The number of para-hydroxylation sites is 2. The van der Waals surface area contributed by atoms with Crippen LogP contribution in [0, 0.1) is 0 Å². The van der Waals surface area contributed by atoms with Crippen LogP contribution in [0.5, 0.6) is 0 Å². The van der Waals surface area contributed by atoms with Gasteiger partial charge in [0.1, 0.15) is 22.6 Å². The number of allylic oxidation sites excluding steroid dienone is 1. The number of benzene rings is 8. The smallest absolute Gasteiger partial charge is 0.166 e. The summed E-state index contributed by atoms with van der Waals surface area (Å²) in [6, 6.07) is 55.3. The summed E-state index contributed by atoms with van der Waals surface area (Å²) in [6.07, 6.45) is 6.24. The molecule has 0 saturated heterocycles. The van der Waals surface area contributed by atoms with Crippen LogP contribution in [0.1, 0.15) is 17.7 Å². The molecule has 276 valence electrons. The minimum atomic E-state index is 0.559. The van der Waals surface area contributed by atoms with Gasteiger partial charge in [0.25, 0.3) is 0 Å². The Bertz CT molecular complexity index is 3750. The molecule has 0 N–H and O–H groups in total. The summed E-state index contributed by atoms with van der Waals surface area (Å²) >= 11 is 0. The number of fused-ring (bicyclic) bond motifs is 11. The van der Waals surface area contributed by atoms with E-state index in [1.54, 1.807) is 0 Å². The van der Waals surface area contributed by atoms with E-state index in [0.29, 0.717) is 17.5 Å². The zero-order valence-electron chi connectivity index (χ0n) is 31.7. The second-order valence-corrected chi connectivity index (χ2v) is 15.4. The van der Waals surface area contributed by atoms with Crippen molar-refractivity contribution in [3.8, 4) is 39.9 Å². The van der Waals surface area contributed by atoms with Crippen molar-refractivity contribution < 1.29 is 8.83 Å². The van der Waals surface area contributed by atoms with Gasteiger partial charge in [-0.3, -0.25) is 0 Å². The maximum atomic E-state index is 7.01. The van der Waals surface area contributed by atoms with Gasteiger partial charge in [-0.25, -0.2) is 15.0 Å². The van der Waals surface area contributed by atoms with Crippen LogP contribution in [0.15, 0.2) is 173 Å². The fourth-order valence-corrected chi connectivity index (χ4v) is 9.33. The highest BCUT2D eigenvalue weighted by atomic mass is 16.3. The molecule has 0 unspecified atom stereocenters. The van der Waals surface area contributed by atoms with Crippen LogP contribution in [0.2, 0.25) is 0 Å².